The maximum atomic E-state index is 13.0. The summed E-state index contributed by atoms with van der Waals surface area (Å²) in [5.41, 5.74) is 2.37. The van der Waals surface area contributed by atoms with Gasteiger partial charge < -0.3 is 9.80 Å². The van der Waals surface area contributed by atoms with Gasteiger partial charge in [-0.25, -0.2) is 9.97 Å². The molecule has 2 aliphatic rings. The number of likely N-dealkylation sites (tertiary alicyclic amines) is 1. The van der Waals surface area contributed by atoms with Crippen molar-refractivity contribution in [2.75, 3.05) is 20.1 Å². The van der Waals surface area contributed by atoms with Gasteiger partial charge in [0.15, 0.2) is 5.82 Å². The van der Waals surface area contributed by atoms with Crippen LogP contribution in [0.1, 0.15) is 61.8 Å². The third kappa shape index (κ3) is 3.88. The first-order chi connectivity index (χ1) is 13.1. The topological polar surface area (TPSA) is 67.2 Å². The molecule has 2 aromatic heterocycles. The lowest BCUT2D eigenvalue weighted by atomic mass is 9.99. The number of carbonyl (C=O) groups is 1. The van der Waals surface area contributed by atoms with Gasteiger partial charge in [0.1, 0.15) is 0 Å². The molecular formula is C20H28N6O. The summed E-state index contributed by atoms with van der Waals surface area (Å²) in [6.45, 7) is 4.76. The predicted molar refractivity (Wildman–Crippen MR) is 102 cm³/mol. The number of nitrogens with zero attached hydrogens (tertiary/aromatic N) is 6. The fourth-order valence-corrected chi connectivity index (χ4v) is 4.14. The van der Waals surface area contributed by atoms with Crippen molar-refractivity contribution in [1.29, 1.82) is 0 Å². The highest BCUT2D eigenvalue weighted by Gasteiger charge is 2.31. The molecule has 27 heavy (non-hydrogen) atoms. The standard InChI is InChI=1S/C20H28N6O/c1-15(26-10-5-8-22-26)12-19(27)25-9-4-3-6-18(25)20-21-13-16-14-24(2)11-7-17(16)23-20/h5,8,10,13,15,18H,3-4,6-7,9,11-12,14H2,1-2H3/t15-,18-/m1/s1. The van der Waals surface area contributed by atoms with E-state index in [1.165, 1.54) is 5.56 Å². The Morgan fingerprint density at radius 1 is 1.33 bits per heavy atom. The van der Waals surface area contributed by atoms with Gasteiger partial charge in [-0.3, -0.25) is 9.48 Å². The van der Waals surface area contributed by atoms with Crippen LogP contribution in [0.5, 0.6) is 0 Å². The van der Waals surface area contributed by atoms with Crippen molar-refractivity contribution < 1.29 is 4.79 Å². The van der Waals surface area contributed by atoms with Crippen molar-refractivity contribution in [2.45, 2.75) is 57.7 Å². The van der Waals surface area contributed by atoms with Crippen LogP contribution in [-0.4, -0.2) is 55.6 Å². The first kappa shape index (κ1) is 18.1. The van der Waals surface area contributed by atoms with E-state index in [0.29, 0.717) is 6.42 Å². The molecule has 0 N–H and O–H groups in total. The fourth-order valence-electron chi connectivity index (χ4n) is 4.14. The molecule has 1 fully saturated rings. The second-order valence-electron chi connectivity index (χ2n) is 7.83. The molecule has 144 valence electrons. The van der Waals surface area contributed by atoms with Crippen LogP contribution < -0.4 is 0 Å². The molecule has 0 radical (unpaired) electrons. The molecule has 0 bridgehead atoms. The first-order valence-electron chi connectivity index (χ1n) is 9.93. The minimum absolute atomic E-state index is 0.000951. The fraction of sp³-hybridized carbons (Fsp3) is 0.600. The molecule has 7 nitrogen and oxygen atoms in total. The number of carbonyl (C=O) groups excluding carboxylic acids is 1. The highest BCUT2D eigenvalue weighted by Crippen LogP contribution is 2.31. The van der Waals surface area contributed by atoms with Crippen molar-refractivity contribution in [3.63, 3.8) is 0 Å². The van der Waals surface area contributed by atoms with Crippen molar-refractivity contribution >= 4 is 5.91 Å². The molecule has 2 atom stereocenters. The number of piperidine rings is 1. The van der Waals surface area contributed by atoms with E-state index in [1.54, 1.807) is 6.20 Å². The summed E-state index contributed by atoms with van der Waals surface area (Å²) in [5, 5.41) is 4.26. The molecule has 0 unspecified atom stereocenters. The van der Waals surface area contributed by atoms with E-state index in [-0.39, 0.29) is 18.0 Å². The zero-order valence-electron chi connectivity index (χ0n) is 16.2. The lowest BCUT2D eigenvalue weighted by Crippen LogP contribution is -2.40. The maximum absolute atomic E-state index is 13.0. The summed E-state index contributed by atoms with van der Waals surface area (Å²) in [6, 6.07) is 1.94. The van der Waals surface area contributed by atoms with Crippen LogP contribution in [0.15, 0.2) is 24.7 Å². The quantitative estimate of drug-likeness (QED) is 0.829. The number of amides is 1. The average Bonchev–Trinajstić information content (AvgIpc) is 3.22. The van der Waals surface area contributed by atoms with Gasteiger partial charge in [0.2, 0.25) is 5.91 Å². The Morgan fingerprint density at radius 2 is 2.22 bits per heavy atom. The number of rotatable bonds is 4. The molecule has 2 aliphatic heterocycles. The summed E-state index contributed by atoms with van der Waals surface area (Å²) in [5.74, 6) is 0.988. The molecule has 0 spiro atoms. The Balaban J connectivity index is 1.51. The van der Waals surface area contributed by atoms with Crippen molar-refractivity contribution in [1.82, 2.24) is 29.5 Å². The monoisotopic (exact) mass is 368 g/mol. The molecule has 1 amide bonds. The zero-order chi connectivity index (χ0) is 18.8. The van der Waals surface area contributed by atoms with E-state index in [9.17, 15) is 4.79 Å². The van der Waals surface area contributed by atoms with Crippen molar-refractivity contribution in [3.05, 3.63) is 41.7 Å². The molecule has 4 rings (SSSR count). The second kappa shape index (κ2) is 7.76. The SMILES string of the molecule is C[C@H](CC(=O)N1CCCC[C@@H]1c1ncc2c(n1)CCN(C)C2)n1cccn1. The molecular weight excluding hydrogens is 340 g/mol. The van der Waals surface area contributed by atoms with E-state index < -0.39 is 0 Å². The van der Waals surface area contributed by atoms with Gasteiger partial charge in [0.25, 0.3) is 0 Å². The Hall–Kier alpha value is -2.28. The third-order valence-electron chi connectivity index (χ3n) is 5.71. The summed E-state index contributed by atoms with van der Waals surface area (Å²) >= 11 is 0. The number of hydrogen-bond donors (Lipinski definition) is 0. The molecule has 7 heteroatoms. The van der Waals surface area contributed by atoms with Crippen LogP contribution in [0.3, 0.4) is 0 Å². The zero-order valence-corrected chi connectivity index (χ0v) is 16.2. The smallest absolute Gasteiger partial charge is 0.225 e. The van der Waals surface area contributed by atoms with E-state index >= 15 is 0 Å². The lowest BCUT2D eigenvalue weighted by Gasteiger charge is -2.36. The highest BCUT2D eigenvalue weighted by molar-refractivity contribution is 5.77. The Kier molecular flexibility index (Phi) is 5.20. The predicted octanol–water partition coefficient (Wildman–Crippen LogP) is 2.37. The molecule has 4 heterocycles. The van der Waals surface area contributed by atoms with Crippen LogP contribution in [0.2, 0.25) is 0 Å². The number of fused-ring (bicyclic) bond motifs is 1. The van der Waals surface area contributed by atoms with E-state index in [4.69, 9.17) is 4.98 Å². The Morgan fingerprint density at radius 3 is 3.04 bits per heavy atom. The number of likely N-dealkylation sites (N-methyl/N-ethyl adjacent to an activating group) is 1. The van der Waals surface area contributed by atoms with Crippen molar-refractivity contribution in [3.8, 4) is 0 Å². The van der Waals surface area contributed by atoms with Gasteiger partial charge >= 0.3 is 0 Å². The number of aromatic nitrogens is 4. The van der Waals surface area contributed by atoms with E-state index in [2.05, 4.69) is 22.0 Å². The van der Waals surface area contributed by atoms with E-state index in [1.807, 2.05) is 35.0 Å². The molecule has 0 aromatic carbocycles. The first-order valence-corrected chi connectivity index (χ1v) is 9.93. The Labute approximate surface area is 160 Å². The summed E-state index contributed by atoms with van der Waals surface area (Å²) in [4.78, 5) is 26.9. The highest BCUT2D eigenvalue weighted by atomic mass is 16.2. The van der Waals surface area contributed by atoms with Crippen molar-refractivity contribution in [2.24, 2.45) is 0 Å². The van der Waals surface area contributed by atoms with Gasteiger partial charge in [-0.15, -0.1) is 0 Å². The second-order valence-corrected chi connectivity index (χ2v) is 7.83. The third-order valence-corrected chi connectivity index (χ3v) is 5.71. The van der Waals surface area contributed by atoms with Crippen LogP contribution in [0.4, 0.5) is 0 Å². The van der Waals surface area contributed by atoms with Crippen LogP contribution in [0, 0.1) is 0 Å². The maximum Gasteiger partial charge on any atom is 0.225 e. The van der Waals surface area contributed by atoms with Crippen LogP contribution in [0.25, 0.3) is 0 Å². The van der Waals surface area contributed by atoms with Gasteiger partial charge in [0, 0.05) is 62.3 Å². The lowest BCUT2D eigenvalue weighted by molar-refractivity contribution is -0.136. The molecule has 2 aromatic rings. The normalized spacial score (nSPS) is 21.7. The minimum Gasteiger partial charge on any atom is -0.332 e. The Bertz CT molecular complexity index is 790. The molecule has 1 saturated heterocycles. The van der Waals surface area contributed by atoms with Crippen LogP contribution >= 0.6 is 0 Å². The summed E-state index contributed by atoms with van der Waals surface area (Å²) in [6.07, 6.45) is 10.2. The largest absolute Gasteiger partial charge is 0.332 e. The van der Waals surface area contributed by atoms with Gasteiger partial charge in [-0.2, -0.15) is 5.10 Å². The summed E-state index contributed by atoms with van der Waals surface area (Å²) < 4.78 is 1.85. The molecule has 0 aliphatic carbocycles. The van der Waals surface area contributed by atoms with E-state index in [0.717, 1.165) is 56.8 Å². The number of hydrogen-bond acceptors (Lipinski definition) is 5. The van der Waals surface area contributed by atoms with Gasteiger partial charge in [0.05, 0.1) is 12.1 Å². The minimum atomic E-state index is 0.000951. The average molecular weight is 368 g/mol. The van der Waals surface area contributed by atoms with Crippen LogP contribution in [-0.2, 0) is 17.8 Å². The molecule has 0 saturated carbocycles. The summed E-state index contributed by atoms with van der Waals surface area (Å²) in [7, 11) is 2.12. The van der Waals surface area contributed by atoms with Gasteiger partial charge in [-0.1, -0.05) is 0 Å². The van der Waals surface area contributed by atoms with Gasteiger partial charge in [-0.05, 0) is 39.3 Å².